The molecule has 0 aromatic carbocycles. The maximum Gasteiger partial charge on any atom is 0.340 e. The van der Waals surface area contributed by atoms with Crippen LogP contribution in [0.25, 0.3) is 0 Å². The molecule has 0 aromatic heterocycles. The van der Waals surface area contributed by atoms with Crippen LogP contribution in [0.4, 0.5) is 0 Å². The molecule has 0 bridgehead atoms. The minimum atomic E-state index is -0.597. The summed E-state index contributed by atoms with van der Waals surface area (Å²) in [6.45, 7) is 0. The molecule has 1 fully saturated rings. The highest BCUT2D eigenvalue weighted by atomic mass is 35.5. The van der Waals surface area contributed by atoms with Gasteiger partial charge in [-0.2, -0.15) is 0 Å². The smallest absolute Gasteiger partial charge is 0.340 e. The Bertz CT molecular complexity index is 461. The monoisotopic (exact) mass is 303 g/mol. The van der Waals surface area contributed by atoms with Crippen molar-refractivity contribution in [1.82, 2.24) is 4.90 Å². The van der Waals surface area contributed by atoms with Crippen molar-refractivity contribution in [2.75, 3.05) is 7.11 Å². The number of halogens is 2. The van der Waals surface area contributed by atoms with Crippen molar-refractivity contribution in [1.29, 1.82) is 0 Å². The van der Waals surface area contributed by atoms with Crippen LogP contribution in [0.1, 0.15) is 32.1 Å². The summed E-state index contributed by atoms with van der Waals surface area (Å²) in [7, 11) is 1.26. The van der Waals surface area contributed by atoms with E-state index in [1.165, 1.54) is 19.6 Å². The lowest BCUT2D eigenvalue weighted by Gasteiger charge is -2.32. The van der Waals surface area contributed by atoms with Crippen molar-refractivity contribution in [3.63, 3.8) is 0 Å². The van der Waals surface area contributed by atoms with Crippen LogP contribution in [-0.4, -0.2) is 29.9 Å². The standard InChI is InChI=1S/C13H15Cl2NO3/c1-19-13(18)9-7-10(17)16(11(9)12(14)15)8-5-3-2-4-6-8/h7-8H,2-6H2,1H3. The van der Waals surface area contributed by atoms with Crippen LogP contribution in [0.15, 0.2) is 21.8 Å². The predicted octanol–water partition coefficient (Wildman–Crippen LogP) is 2.91. The van der Waals surface area contributed by atoms with Crippen LogP contribution in [0, 0.1) is 0 Å². The number of carbonyl (C=O) groups excluding carboxylic acids is 2. The van der Waals surface area contributed by atoms with Crippen molar-refractivity contribution in [2.24, 2.45) is 0 Å². The van der Waals surface area contributed by atoms with Crippen LogP contribution in [0.2, 0.25) is 0 Å². The summed E-state index contributed by atoms with van der Waals surface area (Å²) in [5.41, 5.74) is 0.421. The minimum absolute atomic E-state index is 0.0576. The van der Waals surface area contributed by atoms with Gasteiger partial charge in [0.1, 0.15) is 4.49 Å². The molecule has 0 saturated heterocycles. The van der Waals surface area contributed by atoms with Gasteiger partial charge in [-0.15, -0.1) is 0 Å². The lowest BCUT2D eigenvalue weighted by Crippen LogP contribution is -2.37. The number of carbonyl (C=O) groups is 2. The zero-order valence-electron chi connectivity index (χ0n) is 10.6. The summed E-state index contributed by atoms with van der Waals surface area (Å²) in [5, 5.41) is 0. The molecule has 0 radical (unpaired) electrons. The Balaban J connectivity index is 2.33. The van der Waals surface area contributed by atoms with Crippen molar-refractivity contribution in [3.05, 3.63) is 21.8 Å². The lowest BCUT2D eigenvalue weighted by molar-refractivity contribution is -0.135. The Kier molecular flexibility index (Phi) is 4.53. The highest BCUT2D eigenvalue weighted by Gasteiger charge is 2.38. The molecule has 1 heterocycles. The van der Waals surface area contributed by atoms with E-state index in [0.29, 0.717) is 0 Å². The second kappa shape index (κ2) is 5.97. The number of hydrogen-bond acceptors (Lipinski definition) is 3. The van der Waals surface area contributed by atoms with Crippen molar-refractivity contribution in [2.45, 2.75) is 38.1 Å². The quantitative estimate of drug-likeness (QED) is 0.737. The third-order valence-corrected chi connectivity index (χ3v) is 3.88. The molecule has 1 saturated carbocycles. The van der Waals surface area contributed by atoms with E-state index in [1.54, 1.807) is 4.90 Å². The molecule has 2 aliphatic rings. The van der Waals surface area contributed by atoms with E-state index < -0.39 is 5.97 Å². The average molecular weight is 304 g/mol. The SMILES string of the molecule is COC(=O)C1=CC(=O)N(C2CCCCC2)C1=C(Cl)Cl. The summed E-state index contributed by atoms with van der Waals surface area (Å²) in [6.07, 6.45) is 6.35. The molecule has 4 nitrogen and oxygen atoms in total. The van der Waals surface area contributed by atoms with Crippen molar-refractivity contribution in [3.8, 4) is 0 Å². The van der Waals surface area contributed by atoms with Gasteiger partial charge in [-0.25, -0.2) is 4.79 Å². The Morgan fingerprint density at radius 1 is 1.32 bits per heavy atom. The van der Waals surface area contributed by atoms with Crippen LogP contribution < -0.4 is 0 Å². The second-order valence-electron chi connectivity index (χ2n) is 4.66. The molecule has 6 heteroatoms. The predicted molar refractivity (Wildman–Crippen MR) is 72.6 cm³/mol. The van der Waals surface area contributed by atoms with E-state index in [4.69, 9.17) is 23.2 Å². The number of esters is 1. The number of ether oxygens (including phenoxy) is 1. The first kappa shape index (κ1) is 14.4. The van der Waals surface area contributed by atoms with Crippen LogP contribution >= 0.6 is 23.2 Å². The zero-order valence-corrected chi connectivity index (χ0v) is 12.1. The number of nitrogens with zero attached hydrogens (tertiary/aromatic N) is 1. The molecule has 1 aliphatic carbocycles. The van der Waals surface area contributed by atoms with Crippen molar-refractivity contribution >= 4 is 35.1 Å². The highest BCUT2D eigenvalue weighted by molar-refractivity contribution is 6.56. The summed E-state index contributed by atoms with van der Waals surface area (Å²) in [4.78, 5) is 25.3. The third-order valence-electron chi connectivity index (χ3n) is 3.53. The molecule has 1 aliphatic heterocycles. The fraction of sp³-hybridized carbons (Fsp3) is 0.538. The average Bonchev–Trinajstić information content (AvgIpc) is 2.76. The summed E-state index contributed by atoms with van der Waals surface area (Å²) in [5.74, 6) is -0.846. The third kappa shape index (κ3) is 2.79. The Labute approximate surface area is 122 Å². The molecule has 0 N–H and O–H groups in total. The molecule has 104 valence electrons. The van der Waals surface area contributed by atoms with Gasteiger partial charge in [0, 0.05) is 12.1 Å². The first-order valence-electron chi connectivity index (χ1n) is 6.25. The minimum Gasteiger partial charge on any atom is -0.465 e. The Morgan fingerprint density at radius 3 is 2.47 bits per heavy atom. The van der Waals surface area contributed by atoms with Crippen molar-refractivity contribution < 1.29 is 14.3 Å². The maximum absolute atomic E-state index is 12.1. The highest BCUT2D eigenvalue weighted by Crippen LogP contribution is 2.36. The topological polar surface area (TPSA) is 46.6 Å². The van der Waals surface area contributed by atoms with Gasteiger partial charge >= 0.3 is 5.97 Å². The van der Waals surface area contributed by atoms with E-state index in [1.807, 2.05) is 0 Å². The molecule has 0 aromatic rings. The van der Waals surface area contributed by atoms with E-state index in [0.717, 1.165) is 25.7 Å². The van der Waals surface area contributed by atoms with Crippen LogP contribution in [0.5, 0.6) is 0 Å². The molecule has 2 rings (SSSR count). The molecular formula is C13H15Cl2NO3. The first-order chi connectivity index (χ1) is 9.06. The normalized spacial score (nSPS) is 20.6. The number of methoxy groups -OCH3 is 1. The van der Waals surface area contributed by atoms with Gasteiger partial charge in [0.25, 0.3) is 5.91 Å². The number of rotatable bonds is 2. The summed E-state index contributed by atoms with van der Waals surface area (Å²) >= 11 is 11.7. The van der Waals surface area contributed by atoms with Gasteiger partial charge in [0.05, 0.1) is 18.4 Å². The Hall–Kier alpha value is -1.00. The zero-order chi connectivity index (χ0) is 14.0. The molecular weight excluding hydrogens is 289 g/mol. The molecule has 19 heavy (non-hydrogen) atoms. The Morgan fingerprint density at radius 2 is 1.95 bits per heavy atom. The first-order valence-corrected chi connectivity index (χ1v) is 7.00. The van der Waals surface area contributed by atoms with Crippen LogP contribution in [-0.2, 0) is 14.3 Å². The van der Waals surface area contributed by atoms with E-state index >= 15 is 0 Å². The van der Waals surface area contributed by atoms with Gasteiger partial charge in [-0.3, -0.25) is 4.79 Å². The summed E-state index contributed by atoms with van der Waals surface area (Å²) < 4.78 is 4.59. The number of hydrogen-bond donors (Lipinski definition) is 0. The molecule has 1 amide bonds. The van der Waals surface area contributed by atoms with Crippen LogP contribution in [0.3, 0.4) is 0 Å². The molecule has 0 spiro atoms. The fourth-order valence-corrected chi connectivity index (χ4v) is 3.05. The second-order valence-corrected chi connectivity index (χ2v) is 5.61. The maximum atomic E-state index is 12.1. The van der Waals surface area contributed by atoms with Gasteiger partial charge in [0.15, 0.2) is 0 Å². The van der Waals surface area contributed by atoms with Gasteiger partial charge in [0.2, 0.25) is 0 Å². The molecule has 0 atom stereocenters. The number of amides is 1. The summed E-state index contributed by atoms with van der Waals surface area (Å²) in [6, 6.07) is 0.0576. The molecule has 0 unspecified atom stereocenters. The van der Waals surface area contributed by atoms with Gasteiger partial charge in [-0.05, 0) is 12.8 Å². The van der Waals surface area contributed by atoms with E-state index in [9.17, 15) is 9.59 Å². The largest absolute Gasteiger partial charge is 0.465 e. The lowest BCUT2D eigenvalue weighted by atomic mass is 9.94. The van der Waals surface area contributed by atoms with Gasteiger partial charge < -0.3 is 9.64 Å². The van der Waals surface area contributed by atoms with Gasteiger partial charge in [-0.1, -0.05) is 42.5 Å². The van der Waals surface area contributed by atoms with E-state index in [2.05, 4.69) is 4.74 Å². The van der Waals surface area contributed by atoms with E-state index in [-0.39, 0.29) is 27.7 Å². The fourth-order valence-electron chi connectivity index (χ4n) is 2.66.